The predicted octanol–water partition coefficient (Wildman–Crippen LogP) is 6.29. The van der Waals surface area contributed by atoms with Gasteiger partial charge in [-0.05, 0) is 43.2 Å². The molecule has 0 radical (unpaired) electrons. The zero-order valence-corrected chi connectivity index (χ0v) is 20.9. The molecule has 4 aromatic rings. The van der Waals surface area contributed by atoms with Crippen LogP contribution in [0, 0.1) is 6.92 Å². The van der Waals surface area contributed by atoms with Gasteiger partial charge < -0.3 is 14.7 Å². The Hall–Kier alpha value is -4.45. The molecule has 0 aliphatic heterocycles. The van der Waals surface area contributed by atoms with Crippen molar-refractivity contribution in [1.29, 1.82) is 0 Å². The van der Waals surface area contributed by atoms with Gasteiger partial charge in [0.05, 0.1) is 17.6 Å². The van der Waals surface area contributed by atoms with E-state index in [2.05, 4.69) is 17.0 Å². The lowest BCUT2D eigenvalue weighted by Gasteiger charge is -2.19. The van der Waals surface area contributed by atoms with Gasteiger partial charge in [-0.25, -0.2) is 0 Å². The summed E-state index contributed by atoms with van der Waals surface area (Å²) in [5.74, 6) is 0.424. The Morgan fingerprint density at radius 2 is 1.81 bits per heavy atom. The molecular weight excluding hydrogens is 450 g/mol. The Kier molecular flexibility index (Phi) is 7.15. The molecule has 1 aromatic heterocycles. The molecule has 4 rings (SSSR count). The van der Waals surface area contributed by atoms with Gasteiger partial charge in [0.15, 0.2) is 11.7 Å². The highest BCUT2D eigenvalue weighted by molar-refractivity contribution is 5.94. The Morgan fingerprint density at radius 3 is 2.53 bits per heavy atom. The maximum absolute atomic E-state index is 13.2. The quantitative estimate of drug-likeness (QED) is 0.183. The van der Waals surface area contributed by atoms with Crippen LogP contribution in [0.2, 0.25) is 0 Å². The van der Waals surface area contributed by atoms with Crippen molar-refractivity contribution in [3.63, 3.8) is 0 Å². The molecule has 1 heterocycles. The first-order valence-corrected chi connectivity index (χ1v) is 11.7. The van der Waals surface area contributed by atoms with Gasteiger partial charge in [-0.3, -0.25) is 9.59 Å². The third-order valence-corrected chi connectivity index (χ3v) is 5.95. The highest BCUT2D eigenvalue weighted by Gasteiger charge is 2.17. The van der Waals surface area contributed by atoms with E-state index in [-0.39, 0.29) is 11.5 Å². The van der Waals surface area contributed by atoms with Crippen molar-refractivity contribution in [1.82, 2.24) is 5.01 Å². The van der Waals surface area contributed by atoms with Crippen molar-refractivity contribution in [3.05, 3.63) is 105 Å². The Bertz CT molecular complexity index is 1530. The van der Waals surface area contributed by atoms with E-state index >= 15 is 0 Å². The molecule has 1 atom stereocenters. The van der Waals surface area contributed by atoms with E-state index in [0.29, 0.717) is 33.4 Å². The van der Waals surface area contributed by atoms with Gasteiger partial charge in [0, 0.05) is 48.1 Å². The van der Waals surface area contributed by atoms with E-state index in [0.717, 1.165) is 28.7 Å². The molecule has 0 amide bonds. The van der Waals surface area contributed by atoms with E-state index in [1.165, 1.54) is 6.07 Å². The van der Waals surface area contributed by atoms with Crippen molar-refractivity contribution in [2.24, 2.45) is 5.10 Å². The number of rotatable bonds is 8. The van der Waals surface area contributed by atoms with Gasteiger partial charge in [-0.1, -0.05) is 49.1 Å². The van der Waals surface area contributed by atoms with Crippen molar-refractivity contribution in [2.75, 3.05) is 19.4 Å². The maximum Gasteiger partial charge on any atom is 0.193 e. The highest BCUT2D eigenvalue weighted by Crippen LogP contribution is 2.31. The molecule has 1 N–H and O–H groups in total. The second-order valence-corrected chi connectivity index (χ2v) is 8.92. The summed E-state index contributed by atoms with van der Waals surface area (Å²) in [6.45, 7) is 7.91. The molecule has 0 fully saturated rings. The monoisotopic (exact) mass is 479 g/mol. The van der Waals surface area contributed by atoms with E-state index < -0.39 is 0 Å². The second kappa shape index (κ2) is 10.4. The average molecular weight is 480 g/mol. The summed E-state index contributed by atoms with van der Waals surface area (Å²) in [4.78, 5) is 24.7. The number of aldehydes is 1. The highest BCUT2D eigenvalue weighted by atomic mass is 16.3. The molecular formula is C30H29N3O3. The molecule has 0 spiro atoms. The van der Waals surface area contributed by atoms with Crippen LogP contribution >= 0.6 is 0 Å². The van der Waals surface area contributed by atoms with Crippen LogP contribution in [-0.2, 0) is 0 Å². The summed E-state index contributed by atoms with van der Waals surface area (Å²) >= 11 is 0. The first-order chi connectivity index (χ1) is 17.3. The Morgan fingerprint density at radius 1 is 1.03 bits per heavy atom. The normalized spacial score (nSPS) is 12.0. The molecule has 0 bridgehead atoms. The summed E-state index contributed by atoms with van der Waals surface area (Å²) in [6.07, 6.45) is 4.21. The number of anilines is 1. The average Bonchev–Trinajstić information content (AvgIpc) is 2.87. The van der Waals surface area contributed by atoms with E-state index in [9.17, 15) is 9.59 Å². The minimum absolute atomic E-state index is 0.127. The predicted molar refractivity (Wildman–Crippen MR) is 148 cm³/mol. The molecule has 1 unspecified atom stereocenters. The van der Waals surface area contributed by atoms with Crippen LogP contribution in [0.15, 0.2) is 81.6 Å². The number of nitrogens with zero attached hydrogens (tertiary/aromatic N) is 2. The first-order valence-electron chi connectivity index (χ1n) is 11.7. The number of hydrazone groups is 1. The molecule has 0 aliphatic rings. The van der Waals surface area contributed by atoms with E-state index in [1.54, 1.807) is 43.5 Å². The molecule has 6 nitrogen and oxygen atoms in total. The number of carbonyl (C=O) groups is 1. The SMILES string of the molecule is C=Cc1ccccc1NC(C)c1cc(C)cc2c(=O)cc(-c3ccc(C=O)c(/C=N\N(C)C)c3)oc12. The summed E-state index contributed by atoms with van der Waals surface area (Å²) < 4.78 is 6.38. The van der Waals surface area contributed by atoms with Gasteiger partial charge in [0.1, 0.15) is 11.3 Å². The number of aryl methyl sites for hydroxylation is 1. The fourth-order valence-corrected chi connectivity index (χ4v) is 4.14. The second-order valence-electron chi connectivity index (χ2n) is 8.92. The van der Waals surface area contributed by atoms with Gasteiger partial charge in [-0.15, -0.1) is 0 Å². The fourth-order valence-electron chi connectivity index (χ4n) is 4.14. The summed E-state index contributed by atoms with van der Waals surface area (Å²) in [5.41, 5.74) is 6.01. The molecule has 0 saturated carbocycles. The minimum atomic E-state index is -0.146. The van der Waals surface area contributed by atoms with Crippen LogP contribution in [0.5, 0.6) is 0 Å². The smallest absolute Gasteiger partial charge is 0.193 e. The zero-order chi connectivity index (χ0) is 25.8. The number of benzene rings is 3. The molecule has 0 aliphatic carbocycles. The number of fused-ring (bicyclic) bond motifs is 1. The van der Waals surface area contributed by atoms with E-state index in [1.807, 2.05) is 56.3 Å². The van der Waals surface area contributed by atoms with Gasteiger partial charge in [0.2, 0.25) is 0 Å². The lowest BCUT2D eigenvalue weighted by Crippen LogP contribution is -2.11. The number of carbonyl (C=O) groups excluding carboxylic acids is 1. The van der Waals surface area contributed by atoms with Crippen LogP contribution in [0.4, 0.5) is 5.69 Å². The summed E-state index contributed by atoms with van der Waals surface area (Å²) in [6, 6.07) is 18.4. The van der Waals surface area contributed by atoms with Crippen LogP contribution in [0.25, 0.3) is 28.4 Å². The van der Waals surface area contributed by atoms with E-state index in [4.69, 9.17) is 4.42 Å². The lowest BCUT2D eigenvalue weighted by molar-refractivity contribution is 0.112. The van der Waals surface area contributed by atoms with Crippen LogP contribution < -0.4 is 10.7 Å². The third-order valence-electron chi connectivity index (χ3n) is 5.95. The molecule has 6 heteroatoms. The standard InChI is InChI=1S/C30H29N3O3/c1-6-21-9-7-8-10-27(21)32-20(3)25-13-19(2)14-26-28(35)16-29(36-30(25)26)22-11-12-23(18-34)24(15-22)17-31-33(4)5/h6-18,20,32H,1H2,2-5H3/b31-17-. The van der Waals surface area contributed by atoms with Crippen molar-refractivity contribution in [2.45, 2.75) is 19.9 Å². The summed E-state index contributed by atoms with van der Waals surface area (Å²) in [7, 11) is 3.60. The number of hydrogen-bond donors (Lipinski definition) is 1. The summed E-state index contributed by atoms with van der Waals surface area (Å²) in [5, 5.41) is 9.95. The van der Waals surface area contributed by atoms with Crippen molar-refractivity contribution >= 4 is 35.2 Å². The first kappa shape index (κ1) is 24.7. The largest absolute Gasteiger partial charge is 0.455 e. The van der Waals surface area contributed by atoms with Gasteiger partial charge in [-0.2, -0.15) is 5.10 Å². The zero-order valence-electron chi connectivity index (χ0n) is 20.9. The number of hydrogen-bond acceptors (Lipinski definition) is 6. The van der Waals surface area contributed by atoms with Crippen LogP contribution in [0.1, 0.15) is 45.6 Å². The molecule has 182 valence electrons. The lowest BCUT2D eigenvalue weighted by atomic mass is 9.99. The van der Waals surface area contributed by atoms with Crippen molar-refractivity contribution in [3.8, 4) is 11.3 Å². The number of nitrogens with one attached hydrogen (secondary N) is 1. The Balaban J connectivity index is 1.84. The fraction of sp³-hybridized carbons (Fsp3) is 0.167. The Labute approximate surface area is 210 Å². The van der Waals surface area contributed by atoms with Crippen LogP contribution in [0.3, 0.4) is 0 Å². The molecule has 36 heavy (non-hydrogen) atoms. The molecule has 3 aromatic carbocycles. The third kappa shape index (κ3) is 5.13. The van der Waals surface area contributed by atoms with Crippen LogP contribution in [-0.4, -0.2) is 31.6 Å². The minimum Gasteiger partial charge on any atom is -0.455 e. The molecule has 0 saturated heterocycles. The van der Waals surface area contributed by atoms with Gasteiger partial charge in [0.25, 0.3) is 0 Å². The number of para-hydroxylation sites is 1. The topological polar surface area (TPSA) is 74.9 Å². The van der Waals surface area contributed by atoms with Gasteiger partial charge >= 0.3 is 0 Å². The maximum atomic E-state index is 13.2. The van der Waals surface area contributed by atoms with Crippen molar-refractivity contribution < 1.29 is 9.21 Å².